The van der Waals surface area contributed by atoms with E-state index in [9.17, 15) is 9.59 Å². The molecule has 3 heterocycles. The molecule has 0 spiro atoms. The minimum Gasteiger partial charge on any atom is -0.468 e. The molecule has 1 aromatic rings. The van der Waals surface area contributed by atoms with Gasteiger partial charge in [0.25, 0.3) is 0 Å². The maximum atomic E-state index is 12.9. The number of cyclic esters (lactones) is 1. The predicted octanol–water partition coefficient (Wildman–Crippen LogP) is 5.54. The summed E-state index contributed by atoms with van der Waals surface area (Å²) in [4.78, 5) is 27.9. The lowest BCUT2D eigenvalue weighted by molar-refractivity contribution is -0.359. The Balaban J connectivity index is 1.29. The monoisotopic (exact) mass is 563 g/mol. The molecule has 6 rings (SSSR count). The van der Waals surface area contributed by atoms with Crippen LogP contribution in [-0.2, 0) is 34.3 Å². The standard InChI is InChI=1S/C34H45NO6/c1-22-13-14-28-32(2,17-15-29-33(28,3)21-40-34(4,41-29)23-10-7-6-8-11-23)25(22)20-27(24-16-19-39-30(24)36)35-18-9-12-26(35)31(37)38-5/h6-8,10-11,16,25-29H,1,9,12-15,17-21H2,2-5H3/t25-,26?,27?,28?,29?,32+,33-,34?/m0/s1. The van der Waals surface area contributed by atoms with Gasteiger partial charge in [0.1, 0.15) is 12.6 Å². The zero-order valence-electron chi connectivity index (χ0n) is 25.0. The molecule has 4 fully saturated rings. The number of methoxy groups -OCH3 is 1. The van der Waals surface area contributed by atoms with Gasteiger partial charge in [0.2, 0.25) is 0 Å². The van der Waals surface area contributed by atoms with Crippen LogP contribution in [0, 0.1) is 22.7 Å². The summed E-state index contributed by atoms with van der Waals surface area (Å²) in [5.74, 6) is -0.671. The van der Waals surface area contributed by atoms with Gasteiger partial charge < -0.3 is 18.9 Å². The number of hydrogen-bond donors (Lipinski definition) is 0. The smallest absolute Gasteiger partial charge is 0.335 e. The molecule has 41 heavy (non-hydrogen) atoms. The largest absolute Gasteiger partial charge is 0.468 e. The molecule has 8 atom stereocenters. The number of ether oxygens (including phenoxy) is 4. The first kappa shape index (κ1) is 28.6. The number of fused-ring (bicyclic) bond motifs is 3. The molecule has 2 aliphatic carbocycles. The molecule has 5 aliphatic rings. The molecule has 3 aliphatic heterocycles. The van der Waals surface area contributed by atoms with Crippen LogP contribution in [0.2, 0.25) is 0 Å². The number of allylic oxidation sites excluding steroid dienone is 1. The van der Waals surface area contributed by atoms with Crippen LogP contribution < -0.4 is 0 Å². The van der Waals surface area contributed by atoms with Gasteiger partial charge in [-0.2, -0.15) is 0 Å². The van der Waals surface area contributed by atoms with Gasteiger partial charge in [0.15, 0.2) is 5.79 Å². The van der Waals surface area contributed by atoms with E-state index in [1.165, 1.54) is 12.7 Å². The average molecular weight is 564 g/mol. The predicted molar refractivity (Wildman–Crippen MR) is 155 cm³/mol. The van der Waals surface area contributed by atoms with Crippen LogP contribution in [0.4, 0.5) is 0 Å². The van der Waals surface area contributed by atoms with Crippen molar-refractivity contribution in [2.75, 3.05) is 26.9 Å². The van der Waals surface area contributed by atoms with Crippen molar-refractivity contribution in [2.24, 2.45) is 22.7 Å². The molecule has 0 bridgehead atoms. The maximum absolute atomic E-state index is 12.9. The van der Waals surface area contributed by atoms with Gasteiger partial charge in [-0.05, 0) is 81.7 Å². The Morgan fingerprint density at radius 1 is 1.15 bits per heavy atom. The molecule has 5 unspecified atom stereocenters. The van der Waals surface area contributed by atoms with E-state index < -0.39 is 5.79 Å². The summed E-state index contributed by atoms with van der Waals surface area (Å²) in [5, 5.41) is 0. The zero-order valence-corrected chi connectivity index (χ0v) is 25.0. The van der Waals surface area contributed by atoms with E-state index >= 15 is 0 Å². The van der Waals surface area contributed by atoms with Gasteiger partial charge in [-0.3, -0.25) is 9.69 Å². The molecule has 1 aromatic carbocycles. The Morgan fingerprint density at radius 3 is 2.63 bits per heavy atom. The number of carbonyl (C=O) groups is 2. The average Bonchev–Trinajstić information content (AvgIpc) is 3.63. The highest BCUT2D eigenvalue weighted by atomic mass is 16.7. The number of nitrogens with zero attached hydrogens (tertiary/aromatic N) is 1. The van der Waals surface area contributed by atoms with Crippen molar-refractivity contribution in [3.05, 3.63) is 59.7 Å². The van der Waals surface area contributed by atoms with Gasteiger partial charge >= 0.3 is 11.9 Å². The summed E-state index contributed by atoms with van der Waals surface area (Å²) >= 11 is 0. The first-order valence-corrected chi connectivity index (χ1v) is 15.4. The number of esters is 2. The van der Waals surface area contributed by atoms with Crippen LogP contribution in [-0.4, -0.2) is 61.9 Å². The Morgan fingerprint density at radius 2 is 1.93 bits per heavy atom. The van der Waals surface area contributed by atoms with Crippen molar-refractivity contribution in [3.63, 3.8) is 0 Å². The van der Waals surface area contributed by atoms with Gasteiger partial charge in [0.05, 0.1) is 25.4 Å². The number of likely N-dealkylation sites (tertiary alicyclic amines) is 1. The van der Waals surface area contributed by atoms with Gasteiger partial charge in [-0.25, -0.2) is 4.79 Å². The number of hydrogen-bond acceptors (Lipinski definition) is 7. The summed E-state index contributed by atoms with van der Waals surface area (Å²) in [6, 6.07) is 9.70. The highest BCUT2D eigenvalue weighted by molar-refractivity contribution is 5.92. The normalized spacial score (nSPS) is 39.9. The number of benzene rings is 1. The second kappa shape index (κ2) is 10.7. The van der Waals surface area contributed by atoms with E-state index in [0.29, 0.717) is 24.7 Å². The van der Waals surface area contributed by atoms with Crippen LogP contribution in [0.3, 0.4) is 0 Å². The number of carbonyl (C=O) groups excluding carboxylic acids is 2. The van der Waals surface area contributed by atoms with E-state index in [2.05, 4.69) is 37.5 Å². The molecule has 7 nitrogen and oxygen atoms in total. The van der Waals surface area contributed by atoms with E-state index in [1.807, 2.05) is 31.2 Å². The molecule has 2 saturated heterocycles. The summed E-state index contributed by atoms with van der Waals surface area (Å²) in [7, 11) is 1.45. The SMILES string of the molecule is C=C1CCC2[C@]3(C)COC(C)(c4ccccc4)OC3CC[C@]2(C)[C@H]1CC(C1=CCOC1=O)N1CCCC1C(=O)OC. The Bertz CT molecular complexity index is 1230. The quantitative estimate of drug-likeness (QED) is 0.332. The number of rotatable bonds is 6. The molecule has 0 aromatic heterocycles. The summed E-state index contributed by atoms with van der Waals surface area (Å²) < 4.78 is 24.0. The molecule has 0 radical (unpaired) electrons. The van der Waals surface area contributed by atoms with Crippen LogP contribution in [0.15, 0.2) is 54.1 Å². The molecule has 0 N–H and O–H groups in total. The van der Waals surface area contributed by atoms with E-state index in [0.717, 1.165) is 57.1 Å². The van der Waals surface area contributed by atoms with Crippen molar-refractivity contribution in [3.8, 4) is 0 Å². The lowest BCUT2D eigenvalue weighted by atomic mass is 9.45. The summed E-state index contributed by atoms with van der Waals surface area (Å²) in [6.45, 7) is 13.1. The molecular weight excluding hydrogens is 518 g/mol. The first-order valence-electron chi connectivity index (χ1n) is 15.4. The fourth-order valence-corrected chi connectivity index (χ4v) is 9.15. The third-order valence-electron chi connectivity index (χ3n) is 11.4. The lowest BCUT2D eigenvalue weighted by Gasteiger charge is -2.64. The summed E-state index contributed by atoms with van der Waals surface area (Å²) in [5.41, 5.74) is 2.82. The van der Waals surface area contributed by atoms with E-state index in [1.54, 1.807) is 0 Å². The molecule has 0 amide bonds. The molecule has 7 heteroatoms. The van der Waals surface area contributed by atoms with Gasteiger partial charge in [-0.1, -0.05) is 56.3 Å². The Labute approximate surface area is 244 Å². The highest BCUT2D eigenvalue weighted by Gasteiger charge is 2.62. The third-order valence-corrected chi connectivity index (χ3v) is 11.4. The van der Waals surface area contributed by atoms with Crippen LogP contribution in [0.5, 0.6) is 0 Å². The Hall–Kier alpha value is -2.48. The zero-order chi connectivity index (χ0) is 29.0. The van der Waals surface area contributed by atoms with E-state index in [4.69, 9.17) is 18.9 Å². The first-order chi connectivity index (χ1) is 19.6. The summed E-state index contributed by atoms with van der Waals surface area (Å²) in [6.07, 6.45) is 8.35. The topological polar surface area (TPSA) is 74.3 Å². The van der Waals surface area contributed by atoms with Crippen molar-refractivity contribution >= 4 is 11.9 Å². The minimum atomic E-state index is -0.754. The van der Waals surface area contributed by atoms with Crippen molar-refractivity contribution in [1.29, 1.82) is 0 Å². The van der Waals surface area contributed by atoms with Crippen LogP contribution >= 0.6 is 0 Å². The molecule has 222 valence electrons. The van der Waals surface area contributed by atoms with Gasteiger partial charge in [-0.15, -0.1) is 0 Å². The maximum Gasteiger partial charge on any atom is 0.335 e. The van der Waals surface area contributed by atoms with E-state index in [-0.39, 0.29) is 46.9 Å². The lowest BCUT2D eigenvalue weighted by Crippen LogP contribution is -2.63. The van der Waals surface area contributed by atoms with Crippen molar-refractivity contribution in [2.45, 2.75) is 89.7 Å². The fraction of sp³-hybridized carbons (Fsp3) is 0.647. The van der Waals surface area contributed by atoms with Gasteiger partial charge in [0, 0.05) is 17.0 Å². The minimum absolute atomic E-state index is 0.0321. The van der Waals surface area contributed by atoms with Crippen LogP contribution in [0.1, 0.15) is 71.3 Å². The Kier molecular flexibility index (Phi) is 7.44. The van der Waals surface area contributed by atoms with Crippen molar-refractivity contribution in [1.82, 2.24) is 4.90 Å². The second-order valence-corrected chi connectivity index (χ2v) is 13.5. The fourth-order valence-electron chi connectivity index (χ4n) is 9.15. The molecule has 2 saturated carbocycles. The van der Waals surface area contributed by atoms with Crippen molar-refractivity contribution < 1.29 is 28.5 Å². The van der Waals surface area contributed by atoms with Crippen LogP contribution in [0.25, 0.3) is 0 Å². The molecular formula is C34H45NO6. The third kappa shape index (κ3) is 4.68. The second-order valence-electron chi connectivity index (χ2n) is 13.5. The highest BCUT2D eigenvalue weighted by Crippen LogP contribution is 2.64.